The Bertz CT molecular complexity index is 1400. The number of hydrogen-bond donors (Lipinski definition) is 2. The van der Waals surface area contributed by atoms with E-state index in [1.807, 2.05) is 35.2 Å². The van der Waals surface area contributed by atoms with Gasteiger partial charge in [-0.2, -0.15) is 10.1 Å². The van der Waals surface area contributed by atoms with Crippen LogP contribution in [0.1, 0.15) is 18.4 Å². The molecule has 3 N–H and O–H groups in total. The molecule has 0 atom stereocenters. The number of halogens is 3. The van der Waals surface area contributed by atoms with Gasteiger partial charge in [0.2, 0.25) is 0 Å². The second-order valence-electron chi connectivity index (χ2n) is 8.01. The van der Waals surface area contributed by atoms with Crippen LogP contribution in [-0.2, 0) is 5.54 Å². The number of hydrogen-bond acceptors (Lipinski definition) is 5. The maximum absolute atomic E-state index is 7.71. The zero-order chi connectivity index (χ0) is 23.2. The summed E-state index contributed by atoms with van der Waals surface area (Å²) in [6, 6.07) is 13.0. The monoisotopic (exact) mass is 497 g/mol. The van der Waals surface area contributed by atoms with Gasteiger partial charge in [0.05, 0.1) is 21.1 Å². The summed E-state index contributed by atoms with van der Waals surface area (Å²) in [7, 11) is 0. The summed E-state index contributed by atoms with van der Waals surface area (Å²) >= 11 is 18.7. The van der Waals surface area contributed by atoms with Crippen LogP contribution >= 0.6 is 34.8 Å². The summed E-state index contributed by atoms with van der Waals surface area (Å²) in [6.07, 6.45) is 1.40. The molecule has 0 amide bonds. The Morgan fingerprint density at radius 3 is 2.55 bits per heavy atom. The Labute approximate surface area is 205 Å². The van der Waals surface area contributed by atoms with Crippen molar-refractivity contribution in [1.29, 1.82) is 0 Å². The van der Waals surface area contributed by atoms with Crippen LogP contribution in [0.4, 0.5) is 11.8 Å². The van der Waals surface area contributed by atoms with Crippen molar-refractivity contribution in [3.05, 3.63) is 74.5 Å². The van der Waals surface area contributed by atoms with E-state index in [9.17, 15) is 0 Å². The topological polar surface area (TPSA) is 88.1 Å². The fraction of sp³-hybridized carbons (Fsp3) is 0.217. The quantitative estimate of drug-likeness (QED) is 0.339. The number of H-pyrrole nitrogens is 1. The van der Waals surface area contributed by atoms with E-state index in [2.05, 4.69) is 25.0 Å². The first kappa shape index (κ1) is 21.9. The third kappa shape index (κ3) is 3.90. The van der Waals surface area contributed by atoms with E-state index in [-0.39, 0.29) is 5.82 Å². The maximum atomic E-state index is 7.71. The van der Waals surface area contributed by atoms with Gasteiger partial charge in [-0.15, -0.1) is 0 Å². The van der Waals surface area contributed by atoms with E-state index in [1.165, 1.54) is 0 Å². The first-order valence-electron chi connectivity index (χ1n) is 10.3. The maximum Gasteiger partial charge on any atom is 0.324 e. The van der Waals surface area contributed by atoms with Crippen molar-refractivity contribution in [1.82, 2.24) is 20.2 Å². The van der Waals surface area contributed by atoms with Crippen molar-refractivity contribution < 1.29 is 0 Å². The van der Waals surface area contributed by atoms with Gasteiger partial charge in [-0.05, 0) is 36.6 Å². The van der Waals surface area contributed by atoms with Crippen LogP contribution in [0.15, 0.2) is 42.5 Å². The lowest BCUT2D eigenvalue weighted by atomic mass is 9.82. The first-order valence-corrected chi connectivity index (χ1v) is 11.4. The molecule has 10 heteroatoms. The van der Waals surface area contributed by atoms with Gasteiger partial charge >= 0.3 is 5.95 Å². The number of nitrogens with one attached hydrogen (secondary N) is 1. The van der Waals surface area contributed by atoms with Crippen LogP contribution in [0.3, 0.4) is 0 Å². The van der Waals surface area contributed by atoms with Crippen molar-refractivity contribution >= 4 is 57.6 Å². The predicted molar refractivity (Wildman–Crippen MR) is 132 cm³/mol. The molecular formula is C23H18Cl3N7. The number of aromatic nitrogens is 4. The molecule has 1 aliphatic heterocycles. The number of piperidine rings is 1. The average Bonchev–Trinajstić information content (AvgIpc) is 3.25. The highest BCUT2D eigenvalue weighted by Gasteiger charge is 2.34. The fourth-order valence-corrected chi connectivity index (χ4v) is 4.79. The Morgan fingerprint density at radius 2 is 1.82 bits per heavy atom. The lowest BCUT2D eigenvalue weighted by Gasteiger charge is -2.38. The van der Waals surface area contributed by atoms with Gasteiger partial charge in [0.1, 0.15) is 0 Å². The minimum Gasteiger partial charge on any atom is -0.360 e. The van der Waals surface area contributed by atoms with Crippen molar-refractivity contribution in [3.8, 4) is 11.3 Å². The smallest absolute Gasteiger partial charge is 0.324 e. The number of fused-ring (bicyclic) bond motifs is 1. The molecule has 1 fully saturated rings. The van der Waals surface area contributed by atoms with Gasteiger partial charge < -0.3 is 15.5 Å². The third-order valence-electron chi connectivity index (χ3n) is 6.05. The van der Waals surface area contributed by atoms with E-state index in [0.717, 1.165) is 5.56 Å². The van der Waals surface area contributed by atoms with E-state index in [1.54, 1.807) is 12.1 Å². The van der Waals surface area contributed by atoms with Gasteiger partial charge in [-0.25, -0.2) is 0 Å². The highest BCUT2D eigenvalue weighted by Crippen LogP contribution is 2.39. The van der Waals surface area contributed by atoms with Gasteiger partial charge in [0.15, 0.2) is 5.65 Å². The Hall–Kier alpha value is -2.89. The lowest BCUT2D eigenvalue weighted by molar-refractivity contribution is 0.340. The first-order chi connectivity index (χ1) is 15.9. The predicted octanol–water partition coefficient (Wildman–Crippen LogP) is 5.99. The molecule has 0 aliphatic carbocycles. The molecule has 0 spiro atoms. The number of nitrogens with two attached hydrogens (primary N) is 1. The number of benzene rings is 2. The number of rotatable bonds is 3. The van der Waals surface area contributed by atoms with Crippen LogP contribution in [0.2, 0.25) is 15.1 Å². The molecule has 3 heterocycles. The van der Waals surface area contributed by atoms with Gasteiger partial charge in [0.25, 0.3) is 5.82 Å². The van der Waals surface area contributed by atoms with Crippen LogP contribution in [0, 0.1) is 6.57 Å². The van der Waals surface area contributed by atoms with E-state index >= 15 is 0 Å². The Kier molecular flexibility index (Phi) is 5.63. The zero-order valence-corrected chi connectivity index (χ0v) is 19.6. The molecule has 2 aromatic heterocycles. The summed E-state index contributed by atoms with van der Waals surface area (Å²) in [5.41, 5.74) is 8.86. The molecule has 7 nitrogen and oxygen atoms in total. The van der Waals surface area contributed by atoms with Crippen molar-refractivity contribution in [2.45, 2.75) is 18.4 Å². The van der Waals surface area contributed by atoms with Crippen molar-refractivity contribution in [2.24, 2.45) is 5.73 Å². The van der Waals surface area contributed by atoms with Crippen LogP contribution in [0.5, 0.6) is 0 Å². The van der Waals surface area contributed by atoms with Crippen LogP contribution in [-0.4, -0.2) is 33.3 Å². The molecule has 1 saturated heterocycles. The molecule has 0 saturated carbocycles. The van der Waals surface area contributed by atoms with E-state index in [0.29, 0.717) is 69.2 Å². The number of nitrogens with zero attached hydrogens (tertiary/aromatic N) is 5. The highest BCUT2D eigenvalue weighted by molar-refractivity contribution is 6.43. The van der Waals surface area contributed by atoms with Gasteiger partial charge in [-0.3, -0.25) is 5.10 Å². The Balaban J connectivity index is 1.47. The Morgan fingerprint density at radius 1 is 1.06 bits per heavy atom. The summed E-state index contributed by atoms with van der Waals surface area (Å²) in [5.74, 6) is 0.658. The molecule has 0 bridgehead atoms. The summed E-state index contributed by atoms with van der Waals surface area (Å²) in [5, 5.41) is 9.26. The summed E-state index contributed by atoms with van der Waals surface area (Å²) < 4.78 is 0. The van der Waals surface area contributed by atoms with Crippen molar-refractivity contribution in [2.75, 3.05) is 18.0 Å². The number of anilines is 1. The SMILES string of the molecule is [C-]#[N+]c1nc(N2CCC(N)(c3cccc(Cl)c3)CC2)nc2n[nH]c(-c3cccc(Cl)c3Cl)c12. The summed E-state index contributed by atoms with van der Waals surface area (Å²) in [4.78, 5) is 14.9. The third-order valence-corrected chi connectivity index (χ3v) is 7.10. The molecular weight excluding hydrogens is 481 g/mol. The van der Waals surface area contributed by atoms with Gasteiger partial charge in [-0.1, -0.05) is 70.6 Å². The minimum absolute atomic E-state index is 0.203. The normalized spacial score (nSPS) is 15.5. The molecule has 0 unspecified atom stereocenters. The molecule has 5 rings (SSSR count). The molecule has 2 aromatic carbocycles. The van der Waals surface area contributed by atoms with E-state index < -0.39 is 5.54 Å². The highest BCUT2D eigenvalue weighted by atomic mass is 35.5. The number of aromatic amines is 1. The molecule has 4 aromatic rings. The minimum atomic E-state index is -0.475. The second kappa shape index (κ2) is 8.47. The van der Waals surface area contributed by atoms with Crippen LogP contribution in [0.25, 0.3) is 27.1 Å². The molecule has 0 radical (unpaired) electrons. The lowest BCUT2D eigenvalue weighted by Crippen LogP contribution is -2.48. The van der Waals surface area contributed by atoms with Crippen molar-refractivity contribution in [3.63, 3.8) is 0 Å². The summed E-state index contributed by atoms with van der Waals surface area (Å²) in [6.45, 7) is 8.99. The largest absolute Gasteiger partial charge is 0.360 e. The average molecular weight is 499 g/mol. The molecule has 166 valence electrons. The fourth-order valence-electron chi connectivity index (χ4n) is 4.20. The molecule has 33 heavy (non-hydrogen) atoms. The standard InChI is InChI=1S/C23H18Cl3N7/c1-28-20-17-19(15-6-3-7-16(25)18(15)26)31-32-21(17)30-22(29-20)33-10-8-23(27,9-11-33)13-4-2-5-14(24)12-13/h2-7,12H,8-11,27H2,(H,29,30,31,32). The zero-order valence-electron chi connectivity index (χ0n) is 17.3. The van der Waals surface area contributed by atoms with E-state index in [4.69, 9.17) is 47.1 Å². The molecule has 1 aliphatic rings. The second-order valence-corrected chi connectivity index (χ2v) is 9.23. The van der Waals surface area contributed by atoms with Crippen LogP contribution < -0.4 is 10.6 Å². The van der Waals surface area contributed by atoms with Gasteiger partial charge in [0, 0.05) is 29.2 Å².